The molecule has 0 aliphatic carbocycles. The average Bonchev–Trinajstić information content (AvgIpc) is 3.25. The monoisotopic (exact) mass is 924 g/mol. The van der Waals surface area contributed by atoms with Gasteiger partial charge in [-0.2, -0.15) is 0 Å². The van der Waals surface area contributed by atoms with Gasteiger partial charge in [0, 0.05) is 13.0 Å². The molecule has 0 N–H and O–H groups in total. The Morgan fingerprint density at radius 1 is 0.484 bits per heavy atom. The molecule has 0 saturated heterocycles. The van der Waals surface area contributed by atoms with Crippen molar-refractivity contribution in [3.63, 3.8) is 0 Å². The molecule has 0 aromatic heterocycles. The van der Waals surface area contributed by atoms with Crippen molar-refractivity contribution in [1.82, 2.24) is 0 Å². The minimum Gasteiger partial charge on any atom is -0.756 e. The summed E-state index contributed by atoms with van der Waals surface area (Å²) in [4.78, 5) is 25.2. The highest BCUT2D eigenvalue weighted by Gasteiger charge is 2.20. The van der Waals surface area contributed by atoms with Gasteiger partial charge in [0.25, 0.3) is 7.82 Å². The van der Waals surface area contributed by atoms with E-state index < -0.39 is 13.9 Å². The number of rotatable bonds is 51. The van der Waals surface area contributed by atoms with Gasteiger partial charge in [-0.05, 0) is 70.6 Å². The summed E-state index contributed by atoms with van der Waals surface area (Å²) in [6.45, 7) is 5.42. The second kappa shape index (κ2) is 48.2. The summed E-state index contributed by atoms with van der Waals surface area (Å²) in [6.07, 6.45) is 58.9. The zero-order chi connectivity index (χ0) is 46.9. The van der Waals surface area contributed by atoms with E-state index >= 15 is 0 Å². The zero-order valence-corrected chi connectivity index (χ0v) is 43.9. The molecular weight excluding hydrogens is 818 g/mol. The molecule has 0 aliphatic heterocycles. The van der Waals surface area contributed by atoms with Crippen molar-refractivity contribution in [2.24, 2.45) is 0 Å². The first kappa shape index (κ1) is 62.7. The Morgan fingerprint density at radius 2 is 0.859 bits per heavy atom. The van der Waals surface area contributed by atoms with Crippen LogP contribution in [0.4, 0.5) is 0 Å². The number of likely N-dealkylation sites (N-methyl/N-ethyl adjacent to an activating group) is 1. The minimum atomic E-state index is -4.53. The SMILES string of the molecule is CCCCCCC/C=C\C/C=C\CCCCCCCCCCCCCCCC(=O)OC(COCCCCCCCC/C=C\CCCCCCCCC)COP(=O)([O-])OCC[N+](C)(C)C. The lowest BCUT2D eigenvalue weighted by atomic mass is 10.0. The Kier molecular flexibility index (Phi) is 47.2. The standard InChI is InChI=1S/C55H106NO7P/c1-6-8-10-12-14-16-18-20-22-24-25-26-27-28-29-30-31-32-34-36-38-40-42-44-46-48-55(57)63-54(53-62-64(58,59)61-51-49-56(3,4)5)52-60-50-47-45-43-41-39-37-35-33-23-21-19-17-15-13-11-9-7-2/h18,20,23-25,33,54H,6-17,19,21-22,26-32,34-53H2,1-5H3/b20-18-,25-24-,33-23-. The summed E-state index contributed by atoms with van der Waals surface area (Å²) in [5.41, 5.74) is 0. The van der Waals surface area contributed by atoms with Gasteiger partial charge in [0.2, 0.25) is 0 Å². The van der Waals surface area contributed by atoms with E-state index in [4.69, 9.17) is 18.5 Å². The number of carbonyl (C=O) groups excluding carboxylic acids is 1. The van der Waals surface area contributed by atoms with E-state index in [-0.39, 0.29) is 25.8 Å². The van der Waals surface area contributed by atoms with Gasteiger partial charge in [-0.3, -0.25) is 9.36 Å². The number of phosphoric acid groups is 1. The van der Waals surface area contributed by atoms with Crippen LogP contribution in [-0.2, 0) is 27.9 Å². The van der Waals surface area contributed by atoms with Crippen LogP contribution in [-0.4, -0.2) is 70.7 Å². The number of ether oxygens (including phenoxy) is 2. The maximum Gasteiger partial charge on any atom is 0.306 e. The fraction of sp³-hybridized carbons (Fsp3) is 0.873. The maximum atomic E-state index is 12.8. The van der Waals surface area contributed by atoms with Crippen LogP contribution < -0.4 is 4.89 Å². The van der Waals surface area contributed by atoms with Crippen LogP contribution in [0.5, 0.6) is 0 Å². The molecule has 2 atom stereocenters. The van der Waals surface area contributed by atoms with E-state index in [1.54, 1.807) is 0 Å². The Labute approximate surface area is 397 Å². The van der Waals surface area contributed by atoms with E-state index in [0.717, 1.165) is 38.5 Å². The molecule has 0 rings (SSSR count). The molecule has 9 heteroatoms. The lowest BCUT2D eigenvalue weighted by Crippen LogP contribution is -2.37. The van der Waals surface area contributed by atoms with Gasteiger partial charge in [-0.15, -0.1) is 0 Å². The predicted octanol–water partition coefficient (Wildman–Crippen LogP) is 16.3. The largest absolute Gasteiger partial charge is 0.756 e. The summed E-state index contributed by atoms with van der Waals surface area (Å²) in [5.74, 6) is -0.334. The first-order valence-electron chi connectivity index (χ1n) is 27.2. The quantitative estimate of drug-likeness (QED) is 0.0197. The summed E-state index contributed by atoms with van der Waals surface area (Å²) in [5, 5.41) is 0. The van der Waals surface area contributed by atoms with Gasteiger partial charge < -0.3 is 27.9 Å². The van der Waals surface area contributed by atoms with Crippen LogP contribution in [0, 0.1) is 0 Å². The third-order valence-corrected chi connectivity index (χ3v) is 12.9. The van der Waals surface area contributed by atoms with E-state index in [2.05, 4.69) is 50.3 Å². The Morgan fingerprint density at radius 3 is 1.28 bits per heavy atom. The maximum absolute atomic E-state index is 12.8. The molecule has 0 heterocycles. The topological polar surface area (TPSA) is 94.1 Å². The summed E-state index contributed by atoms with van der Waals surface area (Å²) < 4.78 is 34.8. The fourth-order valence-corrected chi connectivity index (χ4v) is 8.42. The molecule has 0 aromatic rings. The van der Waals surface area contributed by atoms with Crippen molar-refractivity contribution in [2.75, 3.05) is 54.1 Å². The third kappa shape index (κ3) is 51.7. The molecule has 2 unspecified atom stereocenters. The second-order valence-electron chi connectivity index (χ2n) is 19.6. The fourth-order valence-electron chi connectivity index (χ4n) is 7.69. The van der Waals surface area contributed by atoms with Gasteiger partial charge >= 0.3 is 5.97 Å². The van der Waals surface area contributed by atoms with Crippen molar-refractivity contribution in [1.29, 1.82) is 0 Å². The van der Waals surface area contributed by atoms with Gasteiger partial charge in [0.1, 0.15) is 19.3 Å². The van der Waals surface area contributed by atoms with Crippen molar-refractivity contribution in [3.05, 3.63) is 36.5 Å². The Balaban J connectivity index is 4.08. The Hall–Kier alpha value is -1.28. The lowest BCUT2D eigenvalue weighted by Gasteiger charge is -2.28. The molecule has 378 valence electrons. The number of carbonyl (C=O) groups is 1. The molecular formula is C55H106NO7P. The molecule has 0 saturated carbocycles. The average molecular weight is 924 g/mol. The lowest BCUT2D eigenvalue weighted by molar-refractivity contribution is -0.870. The number of hydrogen-bond acceptors (Lipinski definition) is 7. The number of esters is 1. The number of quaternary nitrogens is 1. The number of unbranched alkanes of at least 4 members (excludes halogenated alkanes) is 31. The van der Waals surface area contributed by atoms with Crippen molar-refractivity contribution >= 4 is 13.8 Å². The summed E-state index contributed by atoms with van der Waals surface area (Å²) in [7, 11) is 1.36. The number of phosphoric ester groups is 1. The van der Waals surface area contributed by atoms with Crippen molar-refractivity contribution < 1.29 is 37.3 Å². The predicted molar refractivity (Wildman–Crippen MR) is 273 cm³/mol. The van der Waals surface area contributed by atoms with Crippen LogP contribution in [0.2, 0.25) is 0 Å². The highest BCUT2D eigenvalue weighted by atomic mass is 31.2. The van der Waals surface area contributed by atoms with Gasteiger partial charge in [0.05, 0.1) is 34.4 Å². The minimum absolute atomic E-state index is 0.0256. The molecule has 0 fully saturated rings. The van der Waals surface area contributed by atoms with E-state index in [9.17, 15) is 14.3 Å². The molecule has 0 radical (unpaired) electrons. The second-order valence-corrected chi connectivity index (χ2v) is 21.0. The number of nitrogens with zero attached hydrogens (tertiary/aromatic N) is 1. The summed E-state index contributed by atoms with van der Waals surface area (Å²) >= 11 is 0. The molecule has 0 aliphatic rings. The van der Waals surface area contributed by atoms with Crippen LogP contribution in [0.3, 0.4) is 0 Å². The first-order chi connectivity index (χ1) is 31.1. The van der Waals surface area contributed by atoms with Crippen LogP contribution in [0.1, 0.15) is 251 Å². The smallest absolute Gasteiger partial charge is 0.306 e. The molecule has 0 amide bonds. The molecule has 0 bridgehead atoms. The molecule has 8 nitrogen and oxygen atoms in total. The molecule has 0 spiro atoms. The van der Waals surface area contributed by atoms with Gasteiger partial charge in [-0.1, -0.05) is 211 Å². The zero-order valence-electron chi connectivity index (χ0n) is 43.0. The van der Waals surface area contributed by atoms with Crippen LogP contribution in [0.25, 0.3) is 0 Å². The van der Waals surface area contributed by atoms with E-state index in [0.29, 0.717) is 24.1 Å². The van der Waals surface area contributed by atoms with E-state index in [1.165, 1.54) is 193 Å². The van der Waals surface area contributed by atoms with Crippen molar-refractivity contribution in [2.45, 2.75) is 258 Å². The number of hydrogen-bond donors (Lipinski definition) is 0. The van der Waals surface area contributed by atoms with Crippen molar-refractivity contribution in [3.8, 4) is 0 Å². The Bertz CT molecular complexity index is 1120. The molecule has 0 aromatic carbocycles. The van der Waals surface area contributed by atoms with E-state index in [1.807, 2.05) is 21.1 Å². The highest BCUT2D eigenvalue weighted by Crippen LogP contribution is 2.38. The highest BCUT2D eigenvalue weighted by molar-refractivity contribution is 7.45. The normalized spacial score (nSPS) is 13.8. The first-order valence-corrected chi connectivity index (χ1v) is 28.7. The third-order valence-electron chi connectivity index (χ3n) is 11.9. The van der Waals surface area contributed by atoms with Crippen LogP contribution in [0.15, 0.2) is 36.5 Å². The number of allylic oxidation sites excluding steroid dienone is 6. The van der Waals surface area contributed by atoms with Gasteiger partial charge in [-0.25, -0.2) is 0 Å². The molecule has 64 heavy (non-hydrogen) atoms. The summed E-state index contributed by atoms with van der Waals surface area (Å²) in [6, 6.07) is 0. The van der Waals surface area contributed by atoms with Gasteiger partial charge in [0.15, 0.2) is 0 Å². The van der Waals surface area contributed by atoms with Crippen LogP contribution >= 0.6 is 7.82 Å².